The Kier molecular flexibility index (Phi) is 5.35. The van der Waals surface area contributed by atoms with Crippen LogP contribution in [0.15, 0.2) is 54.6 Å². The molecule has 21 heavy (non-hydrogen) atoms. The fourth-order valence-electron chi connectivity index (χ4n) is 2.14. The van der Waals surface area contributed by atoms with Crippen LogP contribution in [0.25, 0.3) is 0 Å². The van der Waals surface area contributed by atoms with Gasteiger partial charge in [-0.25, -0.2) is 5.84 Å². The molecule has 0 aliphatic heterocycles. The minimum Gasteiger partial charge on any atom is -0.476 e. The zero-order valence-corrected chi connectivity index (χ0v) is 12.1. The third kappa shape index (κ3) is 4.07. The average Bonchev–Trinajstić information content (AvgIpc) is 2.54. The average molecular weight is 284 g/mol. The van der Waals surface area contributed by atoms with Crippen LogP contribution in [0.5, 0.6) is 5.75 Å². The van der Waals surface area contributed by atoms with Gasteiger partial charge in [-0.15, -0.1) is 0 Å². The van der Waals surface area contributed by atoms with E-state index < -0.39 is 6.10 Å². The lowest BCUT2D eigenvalue weighted by molar-refractivity contribution is -0.128. The first kappa shape index (κ1) is 15.1. The molecule has 1 amide bonds. The number of carbonyl (C=O) groups excluding carboxylic acids is 1. The maximum Gasteiger partial charge on any atom is 0.279 e. The summed E-state index contributed by atoms with van der Waals surface area (Å²) in [6, 6.07) is 17.1. The van der Waals surface area contributed by atoms with E-state index in [1.165, 1.54) is 5.56 Å². The third-order valence-corrected chi connectivity index (χ3v) is 3.20. The largest absolute Gasteiger partial charge is 0.476 e. The molecule has 2 rings (SSSR count). The fraction of sp³-hybridized carbons (Fsp3) is 0.235. The standard InChI is InChI=1S/C17H20N2O2/c1-2-6-13-9-11-15(12-10-13)21-16(17(20)19-18)14-7-4-3-5-8-14/h3-5,7-12,16H,2,6,18H2,1H3,(H,19,20). The van der Waals surface area contributed by atoms with Crippen molar-refractivity contribution in [3.05, 3.63) is 65.7 Å². The fourth-order valence-corrected chi connectivity index (χ4v) is 2.14. The number of benzene rings is 2. The first-order chi connectivity index (χ1) is 10.2. The molecule has 2 aromatic rings. The van der Waals surface area contributed by atoms with Crippen LogP contribution in [0.3, 0.4) is 0 Å². The second-order valence-corrected chi connectivity index (χ2v) is 4.81. The number of aryl methyl sites for hydroxylation is 1. The second kappa shape index (κ2) is 7.45. The van der Waals surface area contributed by atoms with Crippen molar-refractivity contribution >= 4 is 5.91 Å². The van der Waals surface area contributed by atoms with E-state index in [4.69, 9.17) is 10.6 Å². The van der Waals surface area contributed by atoms with Gasteiger partial charge < -0.3 is 4.74 Å². The Balaban J connectivity index is 2.17. The predicted molar refractivity (Wildman–Crippen MR) is 82.6 cm³/mol. The molecule has 3 N–H and O–H groups in total. The zero-order valence-electron chi connectivity index (χ0n) is 12.1. The molecule has 0 saturated carbocycles. The van der Waals surface area contributed by atoms with Gasteiger partial charge in [0.05, 0.1) is 0 Å². The Morgan fingerprint density at radius 3 is 2.38 bits per heavy atom. The molecule has 0 radical (unpaired) electrons. The number of amides is 1. The lowest BCUT2D eigenvalue weighted by Crippen LogP contribution is -2.37. The van der Waals surface area contributed by atoms with Crippen molar-refractivity contribution in [2.45, 2.75) is 25.9 Å². The van der Waals surface area contributed by atoms with Crippen LogP contribution in [0.1, 0.15) is 30.6 Å². The molecule has 0 aromatic heterocycles. The topological polar surface area (TPSA) is 64.3 Å². The van der Waals surface area contributed by atoms with E-state index in [0.29, 0.717) is 5.75 Å². The van der Waals surface area contributed by atoms with Crippen molar-refractivity contribution in [3.63, 3.8) is 0 Å². The van der Waals surface area contributed by atoms with Crippen LogP contribution in [0.2, 0.25) is 0 Å². The monoisotopic (exact) mass is 284 g/mol. The molecule has 1 unspecified atom stereocenters. The number of hydrogen-bond donors (Lipinski definition) is 2. The molecular formula is C17H20N2O2. The number of nitrogens with two attached hydrogens (primary N) is 1. The number of hydrazine groups is 1. The molecule has 0 aliphatic carbocycles. The lowest BCUT2D eigenvalue weighted by atomic mass is 10.1. The van der Waals surface area contributed by atoms with Crippen molar-refractivity contribution < 1.29 is 9.53 Å². The van der Waals surface area contributed by atoms with E-state index in [1.807, 2.05) is 54.6 Å². The van der Waals surface area contributed by atoms with Gasteiger partial charge in [-0.3, -0.25) is 10.2 Å². The maximum atomic E-state index is 11.9. The number of nitrogens with one attached hydrogen (secondary N) is 1. The van der Waals surface area contributed by atoms with Crippen LogP contribution in [0, 0.1) is 0 Å². The van der Waals surface area contributed by atoms with Gasteiger partial charge in [-0.2, -0.15) is 0 Å². The summed E-state index contributed by atoms with van der Waals surface area (Å²) in [5, 5.41) is 0. The van der Waals surface area contributed by atoms with Crippen LogP contribution >= 0.6 is 0 Å². The summed E-state index contributed by atoms with van der Waals surface area (Å²) in [7, 11) is 0. The Labute approximate surface area is 124 Å². The highest BCUT2D eigenvalue weighted by Gasteiger charge is 2.21. The van der Waals surface area contributed by atoms with E-state index in [2.05, 4.69) is 12.3 Å². The first-order valence-electron chi connectivity index (χ1n) is 7.05. The number of carbonyl (C=O) groups is 1. The highest BCUT2D eigenvalue weighted by molar-refractivity contribution is 5.82. The zero-order chi connectivity index (χ0) is 15.1. The van der Waals surface area contributed by atoms with Gasteiger partial charge in [0.25, 0.3) is 5.91 Å². The van der Waals surface area contributed by atoms with E-state index in [0.717, 1.165) is 18.4 Å². The van der Waals surface area contributed by atoms with Crippen molar-refractivity contribution in [1.82, 2.24) is 5.43 Å². The molecule has 4 heteroatoms. The van der Waals surface area contributed by atoms with Gasteiger partial charge in [0.15, 0.2) is 0 Å². The Bertz CT molecular complexity index is 567. The van der Waals surface area contributed by atoms with E-state index in [9.17, 15) is 4.79 Å². The van der Waals surface area contributed by atoms with Gasteiger partial charge in [-0.1, -0.05) is 55.8 Å². The molecular weight excluding hydrogens is 264 g/mol. The molecule has 0 fully saturated rings. The molecule has 0 heterocycles. The summed E-state index contributed by atoms with van der Waals surface area (Å²) in [5.74, 6) is 5.52. The normalized spacial score (nSPS) is 11.7. The Morgan fingerprint density at radius 1 is 1.14 bits per heavy atom. The number of rotatable bonds is 6. The summed E-state index contributed by atoms with van der Waals surface area (Å²) in [6.45, 7) is 2.14. The van der Waals surface area contributed by atoms with Crippen LogP contribution < -0.4 is 16.0 Å². The minimum absolute atomic E-state index is 0.376. The quantitative estimate of drug-likeness (QED) is 0.487. The Hall–Kier alpha value is -2.33. The SMILES string of the molecule is CCCc1ccc(OC(C(=O)NN)c2ccccc2)cc1. The summed E-state index contributed by atoms with van der Waals surface area (Å²) >= 11 is 0. The molecule has 0 bridgehead atoms. The maximum absolute atomic E-state index is 11.9. The van der Waals surface area contributed by atoms with Crippen LogP contribution in [-0.2, 0) is 11.2 Å². The van der Waals surface area contributed by atoms with Gasteiger partial charge in [-0.05, 0) is 24.1 Å². The van der Waals surface area contributed by atoms with Crippen molar-refractivity contribution in [3.8, 4) is 5.75 Å². The molecule has 2 aromatic carbocycles. The summed E-state index contributed by atoms with van der Waals surface area (Å²) in [5.41, 5.74) is 4.17. The summed E-state index contributed by atoms with van der Waals surface area (Å²) in [4.78, 5) is 11.9. The summed E-state index contributed by atoms with van der Waals surface area (Å²) < 4.78 is 5.79. The molecule has 1 atom stereocenters. The smallest absolute Gasteiger partial charge is 0.279 e. The molecule has 4 nitrogen and oxygen atoms in total. The van der Waals surface area contributed by atoms with Crippen molar-refractivity contribution in [2.24, 2.45) is 5.84 Å². The molecule has 0 aliphatic rings. The van der Waals surface area contributed by atoms with Gasteiger partial charge in [0, 0.05) is 5.56 Å². The van der Waals surface area contributed by atoms with E-state index in [1.54, 1.807) is 0 Å². The first-order valence-corrected chi connectivity index (χ1v) is 7.05. The lowest BCUT2D eigenvalue weighted by Gasteiger charge is -2.18. The molecule has 110 valence electrons. The van der Waals surface area contributed by atoms with Gasteiger partial charge in [0.1, 0.15) is 5.75 Å². The van der Waals surface area contributed by atoms with Gasteiger partial charge >= 0.3 is 0 Å². The molecule has 0 spiro atoms. The van der Waals surface area contributed by atoms with E-state index in [-0.39, 0.29) is 5.91 Å². The molecule has 0 saturated heterocycles. The van der Waals surface area contributed by atoms with Gasteiger partial charge in [0.2, 0.25) is 6.10 Å². The van der Waals surface area contributed by atoms with Crippen molar-refractivity contribution in [2.75, 3.05) is 0 Å². The second-order valence-electron chi connectivity index (χ2n) is 4.81. The third-order valence-electron chi connectivity index (χ3n) is 3.20. The Morgan fingerprint density at radius 2 is 1.81 bits per heavy atom. The summed E-state index contributed by atoms with van der Waals surface area (Å²) in [6.07, 6.45) is 1.38. The highest BCUT2D eigenvalue weighted by Crippen LogP contribution is 2.22. The van der Waals surface area contributed by atoms with E-state index >= 15 is 0 Å². The van der Waals surface area contributed by atoms with Crippen LogP contribution in [0.4, 0.5) is 0 Å². The number of hydrogen-bond acceptors (Lipinski definition) is 3. The van der Waals surface area contributed by atoms with Crippen molar-refractivity contribution in [1.29, 1.82) is 0 Å². The van der Waals surface area contributed by atoms with Crippen LogP contribution in [-0.4, -0.2) is 5.91 Å². The predicted octanol–water partition coefficient (Wildman–Crippen LogP) is 2.75. The number of ether oxygens (including phenoxy) is 1. The highest BCUT2D eigenvalue weighted by atomic mass is 16.5. The minimum atomic E-state index is -0.756.